The quantitative estimate of drug-likeness (QED) is 0.839. The van der Waals surface area contributed by atoms with Crippen LogP contribution >= 0.6 is 11.6 Å². The lowest BCUT2D eigenvalue weighted by atomic mass is 10.1. The summed E-state index contributed by atoms with van der Waals surface area (Å²) in [5.74, 6) is 0. The summed E-state index contributed by atoms with van der Waals surface area (Å²) in [6.07, 6.45) is 5.05. The Balaban J connectivity index is 2.19. The van der Waals surface area contributed by atoms with Gasteiger partial charge in [-0.15, -0.1) is 0 Å². The van der Waals surface area contributed by atoms with E-state index in [1.54, 1.807) is 0 Å². The lowest BCUT2D eigenvalue weighted by Gasteiger charge is -2.26. The van der Waals surface area contributed by atoms with Gasteiger partial charge in [-0.3, -0.25) is 0 Å². The lowest BCUT2D eigenvalue weighted by molar-refractivity contribution is 0.712. The van der Waals surface area contributed by atoms with Gasteiger partial charge in [-0.1, -0.05) is 31.0 Å². The van der Waals surface area contributed by atoms with Crippen molar-refractivity contribution in [2.75, 3.05) is 11.4 Å². The minimum absolute atomic E-state index is 0.0431. The predicted molar refractivity (Wildman–Crippen MR) is 79.3 cm³/mol. The largest absolute Gasteiger partial charge is 0.367 e. The first-order chi connectivity index (χ1) is 8.63. The Labute approximate surface area is 115 Å². The smallest absolute Gasteiger partial charge is 0.0642 e. The molecule has 0 spiro atoms. The molecule has 0 heterocycles. The second kappa shape index (κ2) is 5.94. The van der Waals surface area contributed by atoms with E-state index in [9.17, 15) is 0 Å². The topological polar surface area (TPSA) is 29.3 Å². The fraction of sp³-hybridized carbons (Fsp3) is 0.600. The molecule has 2 N–H and O–H groups in total. The van der Waals surface area contributed by atoms with Gasteiger partial charge in [0.05, 0.1) is 10.7 Å². The van der Waals surface area contributed by atoms with E-state index in [4.69, 9.17) is 17.3 Å². The summed E-state index contributed by atoms with van der Waals surface area (Å²) in [5, 5.41) is 0.841. The fourth-order valence-corrected chi connectivity index (χ4v) is 2.55. The van der Waals surface area contributed by atoms with Crippen molar-refractivity contribution in [3.63, 3.8) is 0 Å². The van der Waals surface area contributed by atoms with Gasteiger partial charge < -0.3 is 10.6 Å². The van der Waals surface area contributed by atoms with Crippen molar-refractivity contribution in [3.8, 4) is 0 Å². The van der Waals surface area contributed by atoms with Crippen LogP contribution in [0.3, 0.4) is 0 Å². The summed E-state index contributed by atoms with van der Waals surface area (Å²) in [6.45, 7) is 5.32. The third-order valence-corrected chi connectivity index (χ3v) is 3.85. The number of hydrogen-bond donors (Lipinski definition) is 1. The number of nitrogens with zero attached hydrogens (tertiary/aromatic N) is 1. The van der Waals surface area contributed by atoms with Crippen LogP contribution in [0.4, 0.5) is 5.69 Å². The van der Waals surface area contributed by atoms with E-state index in [2.05, 4.69) is 24.0 Å². The zero-order valence-electron chi connectivity index (χ0n) is 11.3. The van der Waals surface area contributed by atoms with Crippen molar-refractivity contribution in [1.82, 2.24) is 0 Å². The standard InChI is InChI=1S/C15H23ClN2/c1-3-4-9-18(13-6-7-13)15-8-5-12(11(2)17)10-14(15)16/h5,8,10-11,13H,3-4,6-7,9,17H2,1-2H3/t11-/m0/s1. The molecule has 0 bridgehead atoms. The molecule has 0 saturated heterocycles. The normalized spacial score (nSPS) is 16.7. The molecular weight excluding hydrogens is 244 g/mol. The van der Waals surface area contributed by atoms with Crippen molar-refractivity contribution in [2.24, 2.45) is 5.73 Å². The summed E-state index contributed by atoms with van der Waals surface area (Å²) < 4.78 is 0. The maximum absolute atomic E-state index is 6.42. The second-order valence-corrected chi connectivity index (χ2v) is 5.68. The Morgan fingerprint density at radius 2 is 2.17 bits per heavy atom. The molecule has 100 valence electrons. The molecule has 2 rings (SSSR count). The third kappa shape index (κ3) is 3.18. The highest BCUT2D eigenvalue weighted by atomic mass is 35.5. The van der Waals surface area contributed by atoms with E-state index in [0.717, 1.165) is 17.1 Å². The molecule has 1 saturated carbocycles. The Morgan fingerprint density at radius 1 is 1.44 bits per heavy atom. The van der Waals surface area contributed by atoms with Crippen LogP contribution in [0.1, 0.15) is 51.1 Å². The number of halogens is 1. The van der Waals surface area contributed by atoms with E-state index in [1.165, 1.54) is 31.4 Å². The molecular formula is C15H23ClN2. The molecule has 1 aliphatic carbocycles. The van der Waals surface area contributed by atoms with Gasteiger partial charge in [0.25, 0.3) is 0 Å². The number of nitrogens with two attached hydrogens (primary N) is 1. The van der Waals surface area contributed by atoms with Gasteiger partial charge in [0.1, 0.15) is 0 Å². The lowest BCUT2D eigenvalue weighted by Crippen LogP contribution is -2.27. The first-order valence-corrected chi connectivity index (χ1v) is 7.33. The highest BCUT2D eigenvalue weighted by Gasteiger charge is 2.29. The molecule has 1 aromatic rings. The Morgan fingerprint density at radius 3 is 2.67 bits per heavy atom. The van der Waals surface area contributed by atoms with Crippen LogP contribution < -0.4 is 10.6 Å². The zero-order chi connectivity index (χ0) is 13.1. The van der Waals surface area contributed by atoms with Crippen LogP contribution in [0.15, 0.2) is 18.2 Å². The van der Waals surface area contributed by atoms with Crippen LogP contribution in [0, 0.1) is 0 Å². The average Bonchev–Trinajstić information content (AvgIpc) is 3.15. The molecule has 1 aromatic carbocycles. The fourth-order valence-electron chi connectivity index (χ4n) is 2.25. The maximum Gasteiger partial charge on any atom is 0.0642 e. The molecule has 0 aromatic heterocycles. The highest BCUT2D eigenvalue weighted by molar-refractivity contribution is 6.33. The number of rotatable bonds is 6. The van der Waals surface area contributed by atoms with Crippen molar-refractivity contribution < 1.29 is 0 Å². The van der Waals surface area contributed by atoms with Gasteiger partial charge in [0, 0.05) is 18.6 Å². The van der Waals surface area contributed by atoms with Crippen molar-refractivity contribution in [2.45, 2.75) is 51.6 Å². The summed E-state index contributed by atoms with van der Waals surface area (Å²) in [7, 11) is 0. The van der Waals surface area contributed by atoms with Crippen LogP contribution in [0.5, 0.6) is 0 Å². The number of anilines is 1. The third-order valence-electron chi connectivity index (χ3n) is 3.55. The van der Waals surface area contributed by atoms with Crippen LogP contribution in [-0.4, -0.2) is 12.6 Å². The number of benzene rings is 1. The van der Waals surface area contributed by atoms with Crippen molar-refractivity contribution in [1.29, 1.82) is 0 Å². The average molecular weight is 267 g/mol. The Hall–Kier alpha value is -0.730. The second-order valence-electron chi connectivity index (χ2n) is 5.28. The highest BCUT2D eigenvalue weighted by Crippen LogP contribution is 2.36. The summed E-state index contributed by atoms with van der Waals surface area (Å²) in [5.41, 5.74) is 8.17. The summed E-state index contributed by atoms with van der Waals surface area (Å²) in [4.78, 5) is 2.47. The zero-order valence-corrected chi connectivity index (χ0v) is 12.1. The molecule has 2 nitrogen and oxygen atoms in total. The monoisotopic (exact) mass is 266 g/mol. The van der Waals surface area contributed by atoms with Crippen LogP contribution in [-0.2, 0) is 0 Å². The van der Waals surface area contributed by atoms with Crippen molar-refractivity contribution in [3.05, 3.63) is 28.8 Å². The van der Waals surface area contributed by atoms with Crippen LogP contribution in [0.2, 0.25) is 5.02 Å². The molecule has 18 heavy (non-hydrogen) atoms. The minimum Gasteiger partial charge on any atom is -0.367 e. The van der Waals surface area contributed by atoms with E-state index in [1.807, 2.05) is 13.0 Å². The summed E-state index contributed by atoms with van der Waals surface area (Å²) >= 11 is 6.42. The maximum atomic E-state index is 6.42. The Kier molecular flexibility index (Phi) is 4.52. The molecule has 1 atom stereocenters. The first kappa shape index (κ1) is 13.7. The summed E-state index contributed by atoms with van der Waals surface area (Å²) in [6, 6.07) is 7.00. The van der Waals surface area contributed by atoms with E-state index in [0.29, 0.717) is 6.04 Å². The number of hydrogen-bond acceptors (Lipinski definition) is 2. The minimum atomic E-state index is 0.0431. The molecule has 1 fully saturated rings. The molecule has 0 aliphatic heterocycles. The molecule has 3 heteroatoms. The van der Waals surface area contributed by atoms with Gasteiger partial charge in [0.15, 0.2) is 0 Å². The van der Waals surface area contributed by atoms with Crippen molar-refractivity contribution >= 4 is 17.3 Å². The molecule has 0 amide bonds. The van der Waals surface area contributed by atoms with Gasteiger partial charge in [0.2, 0.25) is 0 Å². The van der Waals surface area contributed by atoms with Crippen LogP contribution in [0.25, 0.3) is 0 Å². The van der Waals surface area contributed by atoms with E-state index >= 15 is 0 Å². The molecule has 0 unspecified atom stereocenters. The van der Waals surface area contributed by atoms with E-state index in [-0.39, 0.29) is 6.04 Å². The number of unbranched alkanes of at least 4 members (excludes halogenated alkanes) is 1. The van der Waals surface area contributed by atoms with E-state index < -0.39 is 0 Å². The van der Waals surface area contributed by atoms with Gasteiger partial charge in [-0.2, -0.15) is 0 Å². The van der Waals surface area contributed by atoms with Gasteiger partial charge in [-0.05, 0) is 43.9 Å². The Bertz CT molecular complexity index is 399. The first-order valence-electron chi connectivity index (χ1n) is 6.95. The SMILES string of the molecule is CCCCN(c1ccc([C@H](C)N)cc1Cl)C1CC1. The molecule has 1 aliphatic rings. The van der Waals surface area contributed by atoms with Gasteiger partial charge >= 0.3 is 0 Å². The predicted octanol–water partition coefficient (Wildman–Crippen LogP) is 4.13. The van der Waals surface area contributed by atoms with Gasteiger partial charge in [-0.25, -0.2) is 0 Å². The molecule has 0 radical (unpaired) electrons.